The minimum Gasteiger partial charge on any atom is -0.398 e. The number of aryl methyl sites for hydroxylation is 1. The van der Waals surface area contributed by atoms with Crippen molar-refractivity contribution in [3.8, 4) is 11.4 Å². The Bertz CT molecular complexity index is 762. The van der Waals surface area contributed by atoms with Crippen molar-refractivity contribution < 1.29 is 5.11 Å². The molecule has 1 aromatic heterocycles. The number of aliphatic hydroxyl groups excluding tert-OH is 1. The summed E-state index contributed by atoms with van der Waals surface area (Å²) in [6.07, 6.45) is 0. The Morgan fingerprint density at radius 3 is 2.80 bits per heavy atom. The van der Waals surface area contributed by atoms with Gasteiger partial charge in [0.15, 0.2) is 0 Å². The molecule has 0 unspecified atom stereocenters. The van der Waals surface area contributed by atoms with Gasteiger partial charge in [0.1, 0.15) is 5.82 Å². The Labute approximate surface area is 117 Å². The molecule has 3 aromatic rings. The standard InChI is InChI=1S/C16H17N3O/c1-11-6-7-13(17)12(10-11)16-18-14-4-2-3-5-15(14)19(16)8-9-20/h2-7,10,20H,8-9,17H2,1H3. The zero-order valence-electron chi connectivity index (χ0n) is 11.4. The SMILES string of the molecule is Cc1ccc(N)c(-c2nc3ccccc3n2CCO)c1. The largest absolute Gasteiger partial charge is 0.398 e. The predicted molar refractivity (Wildman–Crippen MR) is 81.4 cm³/mol. The first-order valence-electron chi connectivity index (χ1n) is 6.63. The average molecular weight is 267 g/mol. The fourth-order valence-electron chi connectivity index (χ4n) is 2.47. The topological polar surface area (TPSA) is 64.1 Å². The smallest absolute Gasteiger partial charge is 0.143 e. The van der Waals surface area contributed by atoms with Crippen LogP contribution in [0.4, 0.5) is 5.69 Å². The van der Waals surface area contributed by atoms with E-state index in [2.05, 4.69) is 4.98 Å². The lowest BCUT2D eigenvalue weighted by atomic mass is 10.1. The number of hydrogen-bond donors (Lipinski definition) is 2. The van der Waals surface area contributed by atoms with Gasteiger partial charge in [0.05, 0.1) is 17.6 Å². The van der Waals surface area contributed by atoms with Crippen LogP contribution < -0.4 is 5.73 Å². The fourth-order valence-corrected chi connectivity index (χ4v) is 2.47. The first-order chi connectivity index (χ1) is 9.70. The van der Waals surface area contributed by atoms with Gasteiger partial charge in [0.25, 0.3) is 0 Å². The molecule has 0 fully saturated rings. The molecule has 2 aromatic carbocycles. The highest BCUT2D eigenvalue weighted by molar-refractivity contribution is 5.83. The molecule has 20 heavy (non-hydrogen) atoms. The number of rotatable bonds is 3. The number of fused-ring (bicyclic) bond motifs is 1. The number of hydrogen-bond acceptors (Lipinski definition) is 3. The molecule has 0 radical (unpaired) electrons. The highest BCUT2D eigenvalue weighted by Crippen LogP contribution is 2.29. The van der Waals surface area contributed by atoms with Crippen molar-refractivity contribution in [3.05, 3.63) is 48.0 Å². The van der Waals surface area contributed by atoms with E-state index in [0.717, 1.165) is 28.0 Å². The van der Waals surface area contributed by atoms with Gasteiger partial charge in [0, 0.05) is 17.8 Å². The second-order valence-corrected chi connectivity index (χ2v) is 4.89. The van der Waals surface area contributed by atoms with Crippen LogP contribution in [0, 0.1) is 6.92 Å². The molecule has 3 rings (SSSR count). The number of benzene rings is 2. The maximum Gasteiger partial charge on any atom is 0.143 e. The number of para-hydroxylation sites is 2. The molecule has 0 saturated carbocycles. The van der Waals surface area contributed by atoms with E-state index in [4.69, 9.17) is 5.73 Å². The van der Waals surface area contributed by atoms with Crippen molar-refractivity contribution in [2.75, 3.05) is 12.3 Å². The third-order valence-electron chi connectivity index (χ3n) is 3.43. The van der Waals surface area contributed by atoms with Crippen LogP contribution in [0.5, 0.6) is 0 Å². The van der Waals surface area contributed by atoms with Crippen LogP contribution in [0.1, 0.15) is 5.56 Å². The highest BCUT2D eigenvalue weighted by atomic mass is 16.3. The average Bonchev–Trinajstić information content (AvgIpc) is 2.81. The Kier molecular flexibility index (Phi) is 3.16. The predicted octanol–water partition coefficient (Wildman–Crippen LogP) is 2.59. The molecule has 4 heteroatoms. The quantitative estimate of drug-likeness (QED) is 0.717. The summed E-state index contributed by atoms with van der Waals surface area (Å²) in [6, 6.07) is 13.8. The van der Waals surface area contributed by atoms with Crippen LogP contribution in [-0.4, -0.2) is 21.3 Å². The molecule has 0 aliphatic carbocycles. The van der Waals surface area contributed by atoms with Crippen molar-refractivity contribution >= 4 is 16.7 Å². The molecule has 1 heterocycles. The highest BCUT2D eigenvalue weighted by Gasteiger charge is 2.14. The Hall–Kier alpha value is -2.33. The lowest BCUT2D eigenvalue weighted by molar-refractivity contribution is 0.278. The molecule has 0 spiro atoms. The Morgan fingerprint density at radius 1 is 1.20 bits per heavy atom. The second kappa shape index (κ2) is 4.98. The number of aromatic nitrogens is 2. The van der Waals surface area contributed by atoms with Crippen molar-refractivity contribution in [1.82, 2.24) is 9.55 Å². The van der Waals surface area contributed by atoms with E-state index < -0.39 is 0 Å². The summed E-state index contributed by atoms with van der Waals surface area (Å²) in [6.45, 7) is 2.60. The number of nitrogen functional groups attached to an aromatic ring is 1. The molecule has 0 atom stereocenters. The summed E-state index contributed by atoms with van der Waals surface area (Å²) in [5.74, 6) is 0.807. The summed E-state index contributed by atoms with van der Waals surface area (Å²) in [7, 11) is 0. The fraction of sp³-hybridized carbons (Fsp3) is 0.188. The van der Waals surface area contributed by atoms with Gasteiger partial charge in [-0.15, -0.1) is 0 Å². The number of imidazole rings is 1. The van der Waals surface area contributed by atoms with Gasteiger partial charge in [-0.25, -0.2) is 4.98 Å². The van der Waals surface area contributed by atoms with Crippen LogP contribution in [0.25, 0.3) is 22.4 Å². The summed E-state index contributed by atoms with van der Waals surface area (Å²) in [5.41, 5.74) is 10.8. The number of nitrogens with two attached hydrogens (primary N) is 1. The third-order valence-corrected chi connectivity index (χ3v) is 3.43. The summed E-state index contributed by atoms with van der Waals surface area (Å²) in [4.78, 5) is 4.68. The van der Waals surface area contributed by atoms with Gasteiger partial charge in [-0.2, -0.15) is 0 Å². The minimum atomic E-state index is 0.0685. The van der Waals surface area contributed by atoms with Crippen LogP contribution in [0.15, 0.2) is 42.5 Å². The monoisotopic (exact) mass is 267 g/mol. The number of nitrogens with zero attached hydrogens (tertiary/aromatic N) is 2. The van der Waals surface area contributed by atoms with Crippen LogP contribution in [0.2, 0.25) is 0 Å². The van der Waals surface area contributed by atoms with E-state index in [1.807, 2.05) is 54.0 Å². The van der Waals surface area contributed by atoms with Gasteiger partial charge in [0.2, 0.25) is 0 Å². The summed E-state index contributed by atoms with van der Waals surface area (Å²) < 4.78 is 2.01. The van der Waals surface area contributed by atoms with E-state index >= 15 is 0 Å². The van der Waals surface area contributed by atoms with Gasteiger partial charge < -0.3 is 15.4 Å². The zero-order chi connectivity index (χ0) is 14.1. The first-order valence-corrected chi connectivity index (χ1v) is 6.63. The van der Waals surface area contributed by atoms with Gasteiger partial charge in [-0.1, -0.05) is 23.8 Å². The first kappa shape index (κ1) is 12.7. The number of anilines is 1. The number of aliphatic hydroxyl groups is 1. The molecule has 0 saturated heterocycles. The minimum absolute atomic E-state index is 0.0685. The third kappa shape index (κ3) is 2.04. The molecule has 0 amide bonds. The Morgan fingerprint density at radius 2 is 2.00 bits per heavy atom. The van der Waals surface area contributed by atoms with E-state index in [9.17, 15) is 5.11 Å². The van der Waals surface area contributed by atoms with E-state index in [0.29, 0.717) is 12.2 Å². The molecular weight excluding hydrogens is 250 g/mol. The molecule has 0 aliphatic rings. The van der Waals surface area contributed by atoms with E-state index in [1.54, 1.807) is 0 Å². The lowest BCUT2D eigenvalue weighted by Crippen LogP contribution is -2.05. The molecule has 4 nitrogen and oxygen atoms in total. The van der Waals surface area contributed by atoms with Gasteiger partial charge in [-0.05, 0) is 31.2 Å². The molecule has 0 aliphatic heterocycles. The van der Waals surface area contributed by atoms with E-state index in [1.165, 1.54) is 0 Å². The molecular formula is C16H17N3O. The van der Waals surface area contributed by atoms with Crippen molar-refractivity contribution in [1.29, 1.82) is 0 Å². The summed E-state index contributed by atoms with van der Waals surface area (Å²) in [5, 5.41) is 9.31. The Balaban J connectivity index is 2.29. The second-order valence-electron chi connectivity index (χ2n) is 4.89. The van der Waals surface area contributed by atoms with Crippen LogP contribution in [-0.2, 0) is 6.54 Å². The van der Waals surface area contributed by atoms with Crippen molar-refractivity contribution in [2.24, 2.45) is 0 Å². The lowest BCUT2D eigenvalue weighted by Gasteiger charge is -2.10. The van der Waals surface area contributed by atoms with Crippen LogP contribution >= 0.6 is 0 Å². The zero-order valence-corrected chi connectivity index (χ0v) is 11.4. The molecule has 102 valence electrons. The normalized spacial score (nSPS) is 11.1. The van der Waals surface area contributed by atoms with Crippen molar-refractivity contribution in [3.63, 3.8) is 0 Å². The maximum atomic E-state index is 9.31. The van der Waals surface area contributed by atoms with Crippen LogP contribution in [0.3, 0.4) is 0 Å². The van der Waals surface area contributed by atoms with Gasteiger partial charge >= 0.3 is 0 Å². The maximum absolute atomic E-state index is 9.31. The summed E-state index contributed by atoms with van der Waals surface area (Å²) >= 11 is 0. The molecule has 0 bridgehead atoms. The van der Waals surface area contributed by atoms with Gasteiger partial charge in [-0.3, -0.25) is 0 Å². The van der Waals surface area contributed by atoms with E-state index in [-0.39, 0.29) is 6.61 Å². The molecule has 3 N–H and O–H groups in total. The van der Waals surface area contributed by atoms with Crippen molar-refractivity contribution in [2.45, 2.75) is 13.5 Å².